The maximum Gasteiger partial charge on any atom is 0.290 e. The summed E-state index contributed by atoms with van der Waals surface area (Å²) in [7, 11) is 3.07. The van der Waals surface area contributed by atoms with E-state index in [9.17, 15) is 14.7 Å². The highest BCUT2D eigenvalue weighted by Gasteiger charge is 2.53. The van der Waals surface area contributed by atoms with Gasteiger partial charge in [-0.3, -0.25) is 9.59 Å². The molecule has 8 heteroatoms. The van der Waals surface area contributed by atoms with Crippen LogP contribution in [0.25, 0.3) is 0 Å². The first-order valence-corrected chi connectivity index (χ1v) is 11.1. The Hall–Kier alpha value is -2.25. The Balaban J connectivity index is 1.75. The van der Waals surface area contributed by atoms with Gasteiger partial charge in [-0.1, -0.05) is 13.0 Å². The minimum atomic E-state index is -0.601. The molecule has 1 saturated carbocycles. The van der Waals surface area contributed by atoms with Crippen LogP contribution in [0.15, 0.2) is 29.5 Å². The van der Waals surface area contributed by atoms with Gasteiger partial charge in [0.1, 0.15) is 6.10 Å². The summed E-state index contributed by atoms with van der Waals surface area (Å²) >= 11 is 6.49. The molecule has 5 unspecified atom stereocenters. The Bertz CT molecular complexity index is 915. The van der Waals surface area contributed by atoms with Gasteiger partial charge in [-0.05, 0) is 42.9 Å². The Labute approximate surface area is 186 Å². The third-order valence-electron chi connectivity index (χ3n) is 6.57. The van der Waals surface area contributed by atoms with Crippen LogP contribution in [-0.2, 0) is 19.1 Å². The molecular formula is C23H28ClNO6. The summed E-state index contributed by atoms with van der Waals surface area (Å²) in [5.41, 5.74) is 1.07. The smallest absolute Gasteiger partial charge is 0.290 e. The average Bonchev–Trinajstić information content (AvgIpc) is 3.02. The van der Waals surface area contributed by atoms with E-state index >= 15 is 0 Å². The molecule has 1 fully saturated rings. The maximum absolute atomic E-state index is 13.6. The van der Waals surface area contributed by atoms with Crippen molar-refractivity contribution < 1.29 is 28.9 Å². The van der Waals surface area contributed by atoms with Gasteiger partial charge in [0.05, 0.1) is 24.6 Å². The average molecular weight is 450 g/mol. The van der Waals surface area contributed by atoms with Gasteiger partial charge < -0.3 is 24.2 Å². The molecule has 1 aromatic rings. The molecule has 2 aliphatic heterocycles. The molecule has 1 amide bonds. The number of aromatic hydroxyl groups is 1. The number of phenolic OH excluding ortho intramolecular Hbond substituents is 1. The van der Waals surface area contributed by atoms with E-state index in [2.05, 4.69) is 0 Å². The number of amides is 1. The lowest BCUT2D eigenvalue weighted by Gasteiger charge is -2.40. The second kappa shape index (κ2) is 8.71. The van der Waals surface area contributed by atoms with Crippen molar-refractivity contribution in [3.63, 3.8) is 0 Å². The van der Waals surface area contributed by atoms with E-state index in [1.807, 2.05) is 6.92 Å². The summed E-state index contributed by atoms with van der Waals surface area (Å²) in [6.07, 6.45) is 1.48. The van der Waals surface area contributed by atoms with Crippen LogP contribution in [0.3, 0.4) is 0 Å². The van der Waals surface area contributed by atoms with E-state index in [0.29, 0.717) is 43.6 Å². The SMILES string of the molecule is COCCCN1C(=O)C2=C(C(=O)C3CC(Cl)C(C)CC3O2)C1c1ccc(O)c(OC)c1. The molecule has 0 bridgehead atoms. The molecule has 0 spiro atoms. The van der Waals surface area contributed by atoms with Crippen LogP contribution in [0.5, 0.6) is 11.5 Å². The standard InChI is InChI=1S/C23H28ClNO6/c1-12-9-17-14(11-15(12)24)21(27)19-20(13-5-6-16(26)18(10-13)30-3)25(7-4-8-29-2)23(28)22(19)31-17/h5-6,10,12,14-15,17,20,26H,4,7-9,11H2,1-3H3. The molecule has 0 aromatic heterocycles. The number of fused-ring (bicyclic) bond motifs is 1. The predicted molar refractivity (Wildman–Crippen MR) is 114 cm³/mol. The number of methoxy groups -OCH3 is 2. The van der Waals surface area contributed by atoms with E-state index in [0.717, 1.165) is 0 Å². The number of phenols is 1. The highest BCUT2D eigenvalue weighted by atomic mass is 35.5. The minimum Gasteiger partial charge on any atom is -0.504 e. The second-order valence-corrected chi connectivity index (χ2v) is 9.07. The molecule has 1 aromatic carbocycles. The zero-order valence-corrected chi connectivity index (χ0v) is 18.7. The molecule has 31 heavy (non-hydrogen) atoms. The van der Waals surface area contributed by atoms with Crippen LogP contribution in [0.2, 0.25) is 0 Å². The summed E-state index contributed by atoms with van der Waals surface area (Å²) in [5.74, 6) is -0.0616. The van der Waals surface area contributed by atoms with Crippen LogP contribution in [0, 0.1) is 11.8 Å². The normalized spacial score (nSPS) is 30.2. The van der Waals surface area contributed by atoms with Gasteiger partial charge in [0.15, 0.2) is 23.0 Å². The van der Waals surface area contributed by atoms with E-state index in [1.165, 1.54) is 13.2 Å². The number of hydrogen-bond donors (Lipinski definition) is 1. The zero-order valence-electron chi connectivity index (χ0n) is 18.0. The van der Waals surface area contributed by atoms with Crippen molar-refractivity contribution in [3.05, 3.63) is 35.1 Å². The fourth-order valence-electron chi connectivity index (χ4n) is 4.89. The van der Waals surface area contributed by atoms with E-state index < -0.39 is 6.04 Å². The summed E-state index contributed by atoms with van der Waals surface area (Å²) in [6.45, 7) is 2.95. The number of benzene rings is 1. The van der Waals surface area contributed by atoms with Gasteiger partial charge >= 0.3 is 0 Å². The van der Waals surface area contributed by atoms with Crippen molar-refractivity contribution in [2.45, 2.75) is 43.7 Å². The van der Waals surface area contributed by atoms with Gasteiger partial charge in [0, 0.05) is 25.6 Å². The first-order valence-electron chi connectivity index (χ1n) is 10.6. The van der Waals surface area contributed by atoms with Crippen LogP contribution in [0.1, 0.15) is 37.8 Å². The van der Waals surface area contributed by atoms with E-state index in [-0.39, 0.29) is 52.3 Å². The number of ketones is 1. The fourth-order valence-corrected chi connectivity index (χ4v) is 5.18. The third kappa shape index (κ3) is 3.78. The van der Waals surface area contributed by atoms with E-state index in [4.69, 9.17) is 25.8 Å². The number of rotatable bonds is 6. The third-order valence-corrected chi connectivity index (χ3v) is 7.18. The van der Waals surface area contributed by atoms with Gasteiger partial charge in [0.2, 0.25) is 0 Å². The first-order chi connectivity index (χ1) is 14.9. The number of halogens is 1. The molecule has 2 heterocycles. The summed E-state index contributed by atoms with van der Waals surface area (Å²) in [4.78, 5) is 28.6. The molecule has 5 atom stereocenters. The quantitative estimate of drug-likeness (QED) is 0.530. The molecular weight excluding hydrogens is 422 g/mol. The summed E-state index contributed by atoms with van der Waals surface area (Å²) in [5, 5.41) is 9.92. The number of hydrogen-bond acceptors (Lipinski definition) is 6. The van der Waals surface area contributed by atoms with Gasteiger partial charge in [-0.15, -0.1) is 11.6 Å². The number of nitrogens with zero attached hydrogens (tertiary/aromatic N) is 1. The molecule has 3 aliphatic rings. The highest BCUT2D eigenvalue weighted by molar-refractivity contribution is 6.21. The monoisotopic (exact) mass is 449 g/mol. The summed E-state index contributed by atoms with van der Waals surface area (Å²) in [6, 6.07) is 4.29. The lowest BCUT2D eigenvalue weighted by molar-refractivity contribution is -0.136. The van der Waals surface area contributed by atoms with Gasteiger partial charge in [0.25, 0.3) is 5.91 Å². The van der Waals surface area contributed by atoms with Crippen LogP contribution < -0.4 is 4.74 Å². The molecule has 1 aliphatic carbocycles. The molecule has 0 saturated heterocycles. The van der Waals surface area contributed by atoms with Crippen LogP contribution >= 0.6 is 11.6 Å². The van der Waals surface area contributed by atoms with Crippen LogP contribution in [-0.4, -0.2) is 60.5 Å². The molecule has 4 rings (SSSR count). The highest BCUT2D eigenvalue weighted by Crippen LogP contribution is 2.49. The molecule has 1 N–H and O–H groups in total. The van der Waals surface area contributed by atoms with Crippen molar-refractivity contribution in [1.82, 2.24) is 4.90 Å². The van der Waals surface area contributed by atoms with Crippen molar-refractivity contribution in [2.24, 2.45) is 11.8 Å². The maximum atomic E-state index is 13.6. The van der Waals surface area contributed by atoms with Crippen LogP contribution in [0.4, 0.5) is 0 Å². The molecule has 7 nitrogen and oxygen atoms in total. The fraction of sp³-hybridized carbons (Fsp3) is 0.565. The lowest BCUT2D eigenvalue weighted by atomic mass is 9.74. The van der Waals surface area contributed by atoms with Gasteiger partial charge in [-0.2, -0.15) is 0 Å². The number of carbonyl (C=O) groups is 2. The topological polar surface area (TPSA) is 85.3 Å². The lowest BCUT2D eigenvalue weighted by Crippen LogP contribution is -2.44. The second-order valence-electron chi connectivity index (χ2n) is 8.51. The number of ether oxygens (including phenoxy) is 3. The Morgan fingerprint density at radius 2 is 2.03 bits per heavy atom. The van der Waals surface area contributed by atoms with Crippen molar-refractivity contribution >= 4 is 23.3 Å². The Kier molecular flexibility index (Phi) is 6.17. The number of carbonyl (C=O) groups excluding carboxylic acids is 2. The van der Waals surface area contributed by atoms with Gasteiger partial charge in [-0.25, -0.2) is 0 Å². The molecule has 0 radical (unpaired) electrons. The van der Waals surface area contributed by atoms with Crippen molar-refractivity contribution in [3.8, 4) is 11.5 Å². The van der Waals surface area contributed by atoms with Crippen molar-refractivity contribution in [1.29, 1.82) is 0 Å². The zero-order chi connectivity index (χ0) is 22.3. The van der Waals surface area contributed by atoms with E-state index in [1.54, 1.807) is 24.1 Å². The Morgan fingerprint density at radius 1 is 1.26 bits per heavy atom. The number of alkyl halides is 1. The predicted octanol–water partition coefficient (Wildman–Crippen LogP) is 3.20. The number of Topliss-reactive ketones (excluding diaryl/α,β-unsaturated/α-hetero) is 1. The first kappa shape index (κ1) is 22.0. The largest absolute Gasteiger partial charge is 0.504 e. The Morgan fingerprint density at radius 3 is 2.74 bits per heavy atom. The van der Waals surface area contributed by atoms with Crippen molar-refractivity contribution in [2.75, 3.05) is 27.4 Å². The molecule has 168 valence electrons. The summed E-state index contributed by atoms with van der Waals surface area (Å²) < 4.78 is 16.6. The minimum absolute atomic E-state index is 0.00626.